The van der Waals surface area contributed by atoms with Crippen molar-refractivity contribution in [2.24, 2.45) is 0 Å². The third-order valence-electron chi connectivity index (χ3n) is 4.89. The van der Waals surface area contributed by atoms with E-state index in [1.165, 1.54) is 16.7 Å². The van der Waals surface area contributed by atoms with E-state index in [0.717, 1.165) is 39.0 Å². The third kappa shape index (κ3) is 2.92. The fraction of sp³-hybridized carbons (Fsp3) is 0.0455. The van der Waals surface area contributed by atoms with Crippen LogP contribution in [0.2, 0.25) is 0 Å². The second-order valence-corrected chi connectivity index (χ2v) is 7.54. The van der Waals surface area contributed by atoms with Gasteiger partial charge in [0.25, 0.3) is 0 Å². The van der Waals surface area contributed by atoms with Crippen LogP contribution < -0.4 is 0 Å². The van der Waals surface area contributed by atoms with Crippen LogP contribution in [-0.2, 0) is 0 Å². The molecule has 0 saturated heterocycles. The molecule has 0 aliphatic heterocycles. The summed E-state index contributed by atoms with van der Waals surface area (Å²) in [6.07, 6.45) is 1.91. The molecule has 3 aromatic heterocycles. The highest BCUT2D eigenvalue weighted by Gasteiger charge is 2.21. The van der Waals surface area contributed by atoms with Crippen LogP contribution in [0.5, 0.6) is 0 Å². The predicted molar refractivity (Wildman–Crippen MR) is 114 cm³/mol. The largest absolute Gasteiger partial charge is 0.476 e. The molecule has 0 saturated carbocycles. The van der Waals surface area contributed by atoms with Crippen molar-refractivity contribution >= 4 is 28.2 Å². The maximum absolute atomic E-state index is 11.3. The van der Waals surface area contributed by atoms with Crippen molar-refractivity contribution in [2.75, 3.05) is 0 Å². The van der Waals surface area contributed by atoms with Crippen molar-refractivity contribution in [1.82, 2.24) is 19.7 Å². The molecule has 0 fully saturated rings. The molecular weight excluding hydrogens is 384 g/mol. The number of rotatable bonds is 4. The number of nitrogens with zero attached hydrogens (tertiary/aromatic N) is 3. The van der Waals surface area contributed by atoms with Gasteiger partial charge in [0.1, 0.15) is 0 Å². The van der Waals surface area contributed by atoms with Gasteiger partial charge in [0.05, 0.1) is 11.4 Å². The second kappa shape index (κ2) is 6.72. The maximum Gasteiger partial charge on any atom is 0.355 e. The van der Waals surface area contributed by atoms with E-state index in [2.05, 4.69) is 16.0 Å². The van der Waals surface area contributed by atoms with Gasteiger partial charge in [-0.15, -0.1) is 11.3 Å². The third-order valence-corrected chi connectivity index (χ3v) is 5.70. The van der Waals surface area contributed by atoms with Crippen LogP contribution in [0.4, 0.5) is 0 Å². The number of thiazole rings is 1. The van der Waals surface area contributed by atoms with Gasteiger partial charge in [-0.2, -0.15) is 5.10 Å². The Labute approximate surface area is 170 Å². The Morgan fingerprint density at radius 2 is 1.93 bits per heavy atom. The lowest BCUT2D eigenvalue weighted by Crippen LogP contribution is -2.02. The first-order valence-electron chi connectivity index (χ1n) is 9.03. The Hall–Kier alpha value is -3.71. The molecule has 29 heavy (non-hydrogen) atoms. The number of carboxylic acids is 1. The van der Waals surface area contributed by atoms with Crippen molar-refractivity contribution in [3.63, 3.8) is 0 Å². The van der Waals surface area contributed by atoms with Gasteiger partial charge in [-0.3, -0.25) is 0 Å². The van der Waals surface area contributed by atoms with E-state index in [1.807, 2.05) is 61.7 Å². The standard InChI is InChI=1S/C22H16N4O2S/c1-13-19(14-5-3-2-4-6-14)25-26(22-24-18(12-29-22)21(27)28)20(13)16-7-8-17-15(11-16)9-10-23-17/h2-12,23H,1H3,(H,27,28). The summed E-state index contributed by atoms with van der Waals surface area (Å²) in [5, 5.41) is 17.3. The summed E-state index contributed by atoms with van der Waals surface area (Å²) < 4.78 is 1.75. The van der Waals surface area contributed by atoms with E-state index in [1.54, 1.807) is 4.68 Å². The number of carboxylic acid groups (broad SMARTS) is 1. The van der Waals surface area contributed by atoms with Crippen LogP contribution in [0.1, 0.15) is 16.1 Å². The van der Waals surface area contributed by atoms with Crippen LogP contribution in [0.15, 0.2) is 66.2 Å². The lowest BCUT2D eigenvalue weighted by molar-refractivity contribution is 0.0691. The van der Waals surface area contributed by atoms with E-state index < -0.39 is 5.97 Å². The molecule has 0 atom stereocenters. The fourth-order valence-electron chi connectivity index (χ4n) is 3.50. The molecule has 142 valence electrons. The molecule has 0 aliphatic carbocycles. The van der Waals surface area contributed by atoms with Crippen molar-refractivity contribution in [3.8, 4) is 27.6 Å². The number of aromatic carboxylic acids is 1. The number of aromatic nitrogens is 4. The molecule has 7 heteroatoms. The SMILES string of the molecule is Cc1c(-c2ccccc2)nn(-c2nc(C(=O)O)cs2)c1-c1ccc2[nH]ccc2c1. The maximum atomic E-state index is 11.3. The smallest absolute Gasteiger partial charge is 0.355 e. The Morgan fingerprint density at radius 1 is 1.10 bits per heavy atom. The predicted octanol–water partition coefficient (Wildman–Crippen LogP) is 5.15. The molecule has 6 nitrogen and oxygen atoms in total. The number of H-pyrrole nitrogens is 1. The van der Waals surface area contributed by atoms with Crippen LogP contribution in [0, 0.1) is 6.92 Å². The molecule has 0 amide bonds. The Bertz CT molecular complexity index is 1350. The highest BCUT2D eigenvalue weighted by molar-refractivity contribution is 7.12. The zero-order valence-electron chi connectivity index (χ0n) is 15.5. The van der Waals surface area contributed by atoms with Gasteiger partial charge in [-0.1, -0.05) is 36.4 Å². The van der Waals surface area contributed by atoms with Crippen LogP contribution in [0.25, 0.3) is 38.5 Å². The molecule has 0 radical (unpaired) electrons. The number of nitrogens with one attached hydrogen (secondary N) is 1. The number of fused-ring (bicyclic) bond motifs is 1. The Morgan fingerprint density at radius 3 is 2.69 bits per heavy atom. The van der Waals surface area contributed by atoms with Crippen molar-refractivity contribution in [2.45, 2.75) is 6.92 Å². The molecular formula is C22H16N4O2S. The average molecular weight is 400 g/mol. The van der Waals surface area contributed by atoms with Crippen LogP contribution >= 0.6 is 11.3 Å². The molecule has 0 unspecified atom stereocenters. The molecule has 5 aromatic rings. The number of aromatic amines is 1. The number of hydrogen-bond acceptors (Lipinski definition) is 4. The number of carbonyl (C=O) groups is 1. The van der Waals surface area contributed by atoms with Crippen LogP contribution in [-0.4, -0.2) is 30.8 Å². The first kappa shape index (κ1) is 17.4. The van der Waals surface area contributed by atoms with E-state index in [-0.39, 0.29) is 5.69 Å². The molecule has 0 aliphatic rings. The summed E-state index contributed by atoms with van der Waals surface area (Å²) >= 11 is 1.26. The van der Waals surface area contributed by atoms with Gasteiger partial charge in [0.15, 0.2) is 5.69 Å². The topological polar surface area (TPSA) is 83.8 Å². The zero-order chi connectivity index (χ0) is 20.0. The fourth-order valence-corrected chi connectivity index (χ4v) is 4.26. The van der Waals surface area contributed by atoms with Gasteiger partial charge in [-0.05, 0) is 25.1 Å². The van der Waals surface area contributed by atoms with Crippen LogP contribution in [0.3, 0.4) is 0 Å². The monoisotopic (exact) mass is 400 g/mol. The highest BCUT2D eigenvalue weighted by Crippen LogP contribution is 2.35. The first-order valence-corrected chi connectivity index (χ1v) is 9.91. The van der Waals surface area contributed by atoms with Gasteiger partial charge < -0.3 is 10.1 Å². The van der Waals surface area contributed by atoms with Crippen molar-refractivity contribution < 1.29 is 9.90 Å². The summed E-state index contributed by atoms with van der Waals surface area (Å²) in [6, 6.07) is 18.2. The minimum absolute atomic E-state index is 0.0199. The quantitative estimate of drug-likeness (QED) is 0.437. The van der Waals surface area contributed by atoms with Gasteiger partial charge in [-0.25, -0.2) is 14.5 Å². The lowest BCUT2D eigenvalue weighted by atomic mass is 10.0. The van der Waals surface area contributed by atoms with E-state index in [0.29, 0.717) is 5.13 Å². The average Bonchev–Trinajstić information content (AvgIpc) is 3.46. The second-order valence-electron chi connectivity index (χ2n) is 6.70. The zero-order valence-corrected chi connectivity index (χ0v) is 16.3. The van der Waals surface area contributed by atoms with Crippen molar-refractivity contribution in [3.05, 3.63) is 77.4 Å². The molecule has 2 N–H and O–H groups in total. The molecule has 5 rings (SSSR count). The summed E-state index contributed by atoms with van der Waals surface area (Å²) in [7, 11) is 0. The van der Waals surface area contributed by atoms with Gasteiger partial charge >= 0.3 is 5.97 Å². The normalized spacial score (nSPS) is 11.2. The van der Waals surface area contributed by atoms with E-state index in [4.69, 9.17) is 5.10 Å². The van der Waals surface area contributed by atoms with E-state index in [9.17, 15) is 9.90 Å². The van der Waals surface area contributed by atoms with E-state index >= 15 is 0 Å². The van der Waals surface area contributed by atoms with Gasteiger partial charge in [0.2, 0.25) is 5.13 Å². The minimum atomic E-state index is -1.05. The van der Waals surface area contributed by atoms with Crippen molar-refractivity contribution in [1.29, 1.82) is 0 Å². The summed E-state index contributed by atoms with van der Waals surface area (Å²) in [4.78, 5) is 18.8. The summed E-state index contributed by atoms with van der Waals surface area (Å²) in [6.45, 7) is 2.04. The first-order chi connectivity index (χ1) is 14.1. The minimum Gasteiger partial charge on any atom is -0.476 e. The molecule has 3 heterocycles. The Kier molecular flexibility index (Phi) is 4.03. The Balaban J connectivity index is 1.76. The number of benzene rings is 2. The lowest BCUT2D eigenvalue weighted by Gasteiger charge is -2.06. The van der Waals surface area contributed by atoms with Gasteiger partial charge in [0, 0.05) is 39.2 Å². The summed E-state index contributed by atoms with van der Waals surface area (Å²) in [5.41, 5.74) is 5.84. The molecule has 2 aromatic carbocycles. The summed E-state index contributed by atoms with van der Waals surface area (Å²) in [5.74, 6) is -1.05. The molecule has 0 spiro atoms. The number of hydrogen-bond donors (Lipinski definition) is 2. The highest BCUT2D eigenvalue weighted by atomic mass is 32.1. The molecule has 0 bridgehead atoms.